The Morgan fingerprint density at radius 1 is 1.00 bits per heavy atom. The molecule has 4 nitrogen and oxygen atoms in total. The highest BCUT2D eigenvalue weighted by atomic mass is 16.1. The SMILES string of the molecule is C[C@H](NC(=O)CC[C@H]1CC[C@H]2[C@@H]3C(=O)C[C@@H]4CC(=O)CC[C@]4(C)[C@H]3CC[C@]12C)c1ccccc1. The molecule has 4 heteroatoms. The summed E-state index contributed by atoms with van der Waals surface area (Å²) in [7, 11) is 0. The number of hydrogen-bond acceptors (Lipinski definition) is 3. The Balaban J connectivity index is 1.24. The highest BCUT2D eigenvalue weighted by Crippen LogP contribution is 2.66. The average molecular weight is 464 g/mol. The predicted octanol–water partition coefficient (Wildman–Crippen LogP) is 6.05. The number of hydrogen-bond donors (Lipinski definition) is 1. The monoisotopic (exact) mass is 463 g/mol. The highest BCUT2D eigenvalue weighted by Gasteiger charge is 2.62. The van der Waals surface area contributed by atoms with Crippen LogP contribution in [0.1, 0.15) is 96.6 Å². The number of ketones is 2. The Morgan fingerprint density at radius 2 is 1.74 bits per heavy atom. The summed E-state index contributed by atoms with van der Waals surface area (Å²) in [5.74, 6) is 2.77. The van der Waals surface area contributed by atoms with Gasteiger partial charge in [0.25, 0.3) is 0 Å². The number of rotatable bonds is 5. The second kappa shape index (κ2) is 8.91. The van der Waals surface area contributed by atoms with Gasteiger partial charge in [-0.25, -0.2) is 0 Å². The van der Waals surface area contributed by atoms with Gasteiger partial charge in [0.15, 0.2) is 0 Å². The van der Waals surface area contributed by atoms with Gasteiger partial charge in [-0.1, -0.05) is 44.2 Å². The van der Waals surface area contributed by atoms with E-state index in [-0.39, 0.29) is 34.6 Å². The summed E-state index contributed by atoms with van der Waals surface area (Å²) in [4.78, 5) is 38.4. The van der Waals surface area contributed by atoms with Crippen molar-refractivity contribution < 1.29 is 14.4 Å². The van der Waals surface area contributed by atoms with Crippen molar-refractivity contribution in [2.24, 2.45) is 40.4 Å². The van der Waals surface area contributed by atoms with Crippen LogP contribution in [-0.4, -0.2) is 17.5 Å². The molecular weight excluding hydrogens is 422 g/mol. The molecule has 0 aromatic heterocycles. The lowest BCUT2D eigenvalue weighted by atomic mass is 9.44. The van der Waals surface area contributed by atoms with Crippen molar-refractivity contribution in [3.05, 3.63) is 35.9 Å². The van der Waals surface area contributed by atoms with Crippen LogP contribution in [0.25, 0.3) is 0 Å². The lowest BCUT2D eigenvalue weighted by molar-refractivity contribution is -0.158. The third-order valence-electron chi connectivity index (χ3n) is 10.9. The zero-order valence-electron chi connectivity index (χ0n) is 21.1. The van der Waals surface area contributed by atoms with E-state index in [4.69, 9.17) is 0 Å². The fourth-order valence-electron chi connectivity index (χ4n) is 8.75. The second-order valence-corrected chi connectivity index (χ2v) is 12.4. The van der Waals surface area contributed by atoms with Crippen molar-refractivity contribution >= 4 is 17.5 Å². The maximum atomic E-state index is 13.5. The van der Waals surface area contributed by atoms with Crippen LogP contribution in [0, 0.1) is 40.4 Å². The Morgan fingerprint density at radius 3 is 2.50 bits per heavy atom. The average Bonchev–Trinajstić information content (AvgIpc) is 3.15. The Labute approximate surface area is 204 Å². The summed E-state index contributed by atoms with van der Waals surface area (Å²) >= 11 is 0. The topological polar surface area (TPSA) is 63.2 Å². The molecule has 0 bridgehead atoms. The number of benzene rings is 1. The van der Waals surface area contributed by atoms with E-state index < -0.39 is 0 Å². The molecule has 1 aromatic carbocycles. The van der Waals surface area contributed by atoms with Crippen LogP contribution in [0.15, 0.2) is 30.3 Å². The lowest BCUT2D eigenvalue weighted by Gasteiger charge is -2.59. The van der Waals surface area contributed by atoms with E-state index >= 15 is 0 Å². The molecule has 5 rings (SSSR count). The number of carbonyl (C=O) groups excluding carboxylic acids is 3. The van der Waals surface area contributed by atoms with Gasteiger partial charge in [-0.2, -0.15) is 0 Å². The van der Waals surface area contributed by atoms with Crippen molar-refractivity contribution in [2.75, 3.05) is 0 Å². The van der Waals surface area contributed by atoms with Crippen LogP contribution in [0.4, 0.5) is 0 Å². The smallest absolute Gasteiger partial charge is 0.220 e. The van der Waals surface area contributed by atoms with Gasteiger partial charge in [0.2, 0.25) is 5.91 Å². The quantitative estimate of drug-likeness (QED) is 0.578. The number of fused-ring (bicyclic) bond motifs is 5. The third-order valence-corrected chi connectivity index (χ3v) is 10.9. The standard InChI is InChI=1S/C30H41NO3/c1-19(20-7-5-4-6-8-20)31-27(34)12-10-21-9-11-24-28-25(14-16-29(21,24)2)30(3)15-13-23(32)17-22(30)18-26(28)33/h4-8,19,21-22,24-25,28H,9-18H2,1-3H3,(H,31,34)/t19-,21+,22-,24-,25-,28-,29+,30-/m0/s1. The number of Topliss-reactive ketones (excluding diaryl/α,β-unsaturated/α-hetero) is 2. The first kappa shape index (κ1) is 23.8. The maximum Gasteiger partial charge on any atom is 0.220 e. The fourth-order valence-corrected chi connectivity index (χ4v) is 8.75. The van der Waals surface area contributed by atoms with Gasteiger partial charge in [-0.15, -0.1) is 0 Å². The summed E-state index contributed by atoms with van der Waals surface area (Å²) in [5, 5.41) is 3.18. The van der Waals surface area contributed by atoms with E-state index in [2.05, 4.69) is 31.3 Å². The number of nitrogens with one attached hydrogen (secondary N) is 1. The van der Waals surface area contributed by atoms with Crippen LogP contribution >= 0.6 is 0 Å². The molecule has 4 aliphatic carbocycles. The van der Waals surface area contributed by atoms with E-state index in [1.165, 1.54) is 0 Å². The van der Waals surface area contributed by atoms with Crippen molar-refractivity contribution in [1.29, 1.82) is 0 Å². The predicted molar refractivity (Wildman–Crippen MR) is 133 cm³/mol. The molecule has 0 radical (unpaired) electrons. The molecule has 4 fully saturated rings. The largest absolute Gasteiger partial charge is 0.350 e. The summed E-state index contributed by atoms with van der Waals surface area (Å²) in [6.45, 7) is 6.85. The van der Waals surface area contributed by atoms with E-state index in [0.717, 1.165) is 44.1 Å². The van der Waals surface area contributed by atoms with Crippen LogP contribution in [0.5, 0.6) is 0 Å². The Kier molecular flexibility index (Phi) is 6.23. The Hall–Kier alpha value is -1.97. The van der Waals surface area contributed by atoms with Crippen molar-refractivity contribution in [1.82, 2.24) is 5.32 Å². The first-order valence-electron chi connectivity index (χ1n) is 13.6. The summed E-state index contributed by atoms with van der Waals surface area (Å²) in [6.07, 6.45) is 8.91. The fraction of sp³-hybridized carbons (Fsp3) is 0.700. The van der Waals surface area contributed by atoms with Crippen molar-refractivity contribution in [2.45, 2.75) is 91.0 Å². The van der Waals surface area contributed by atoms with Gasteiger partial charge in [-0.05, 0) is 85.5 Å². The van der Waals surface area contributed by atoms with E-state index in [1.54, 1.807) is 0 Å². The molecular formula is C30H41NO3. The zero-order valence-corrected chi connectivity index (χ0v) is 21.1. The minimum atomic E-state index is 0.0203. The number of carbonyl (C=O) groups is 3. The van der Waals surface area contributed by atoms with Crippen molar-refractivity contribution in [3.8, 4) is 0 Å². The minimum Gasteiger partial charge on any atom is -0.350 e. The molecule has 4 aliphatic rings. The first-order chi connectivity index (χ1) is 16.2. The molecule has 0 heterocycles. The minimum absolute atomic E-state index is 0.0203. The normalized spacial score (nSPS) is 40.1. The maximum absolute atomic E-state index is 13.5. The molecule has 0 unspecified atom stereocenters. The van der Waals surface area contributed by atoms with Gasteiger partial charge in [0.1, 0.15) is 11.6 Å². The molecule has 4 saturated carbocycles. The van der Waals surface area contributed by atoms with Gasteiger partial charge in [-0.3, -0.25) is 14.4 Å². The first-order valence-corrected chi connectivity index (χ1v) is 13.6. The molecule has 0 spiro atoms. The summed E-state index contributed by atoms with van der Waals surface area (Å²) in [6, 6.07) is 10.1. The van der Waals surface area contributed by atoms with Crippen LogP contribution < -0.4 is 5.32 Å². The lowest BCUT2D eigenvalue weighted by Crippen LogP contribution is -2.56. The molecule has 1 amide bonds. The van der Waals surface area contributed by atoms with E-state index in [0.29, 0.717) is 55.0 Å². The van der Waals surface area contributed by atoms with Crippen LogP contribution in [0.2, 0.25) is 0 Å². The Bertz CT molecular complexity index is 957. The second-order valence-electron chi connectivity index (χ2n) is 12.4. The molecule has 1 aromatic rings. The van der Waals surface area contributed by atoms with Gasteiger partial charge < -0.3 is 5.32 Å². The summed E-state index contributed by atoms with van der Waals surface area (Å²) in [5.41, 5.74) is 1.45. The van der Waals surface area contributed by atoms with E-state index in [9.17, 15) is 14.4 Å². The zero-order chi connectivity index (χ0) is 24.1. The molecule has 184 valence electrons. The van der Waals surface area contributed by atoms with Crippen molar-refractivity contribution in [3.63, 3.8) is 0 Å². The van der Waals surface area contributed by atoms with Crippen LogP contribution in [-0.2, 0) is 14.4 Å². The number of amides is 1. The van der Waals surface area contributed by atoms with Gasteiger partial charge >= 0.3 is 0 Å². The molecule has 8 atom stereocenters. The van der Waals surface area contributed by atoms with Crippen LogP contribution in [0.3, 0.4) is 0 Å². The van der Waals surface area contributed by atoms with Gasteiger partial charge in [0.05, 0.1) is 6.04 Å². The molecule has 0 aliphatic heterocycles. The summed E-state index contributed by atoms with van der Waals surface area (Å²) < 4.78 is 0. The third kappa shape index (κ3) is 3.95. The molecule has 34 heavy (non-hydrogen) atoms. The highest BCUT2D eigenvalue weighted by molar-refractivity contribution is 5.86. The van der Waals surface area contributed by atoms with E-state index in [1.807, 2.05) is 25.1 Å². The molecule has 0 saturated heterocycles. The molecule has 1 N–H and O–H groups in total. The van der Waals surface area contributed by atoms with Gasteiger partial charge in [0, 0.05) is 31.6 Å².